The summed E-state index contributed by atoms with van der Waals surface area (Å²) in [6, 6.07) is 6.60. The highest BCUT2D eigenvalue weighted by Crippen LogP contribution is 2.54. The fraction of sp³-hybridized carbons (Fsp3) is 0.529. The van der Waals surface area contributed by atoms with Gasteiger partial charge >= 0.3 is 5.97 Å². The smallest absolute Gasteiger partial charge is 0.309 e. The second kappa shape index (κ2) is 6.55. The largest absolute Gasteiger partial charge is 0.466 e. The molecule has 6 nitrogen and oxygen atoms in total. The molecule has 2 saturated carbocycles. The summed E-state index contributed by atoms with van der Waals surface area (Å²) in [4.78, 5) is 14.5. The Morgan fingerprint density at radius 1 is 1.33 bits per heavy atom. The quantitative estimate of drug-likeness (QED) is 0.652. The van der Waals surface area contributed by atoms with Gasteiger partial charge in [-0.2, -0.15) is 13.5 Å². The molecule has 0 saturated heterocycles. The summed E-state index contributed by atoms with van der Waals surface area (Å²) >= 11 is 0. The molecule has 0 spiro atoms. The first-order valence-corrected chi connectivity index (χ1v) is 9.74. The predicted molar refractivity (Wildman–Crippen MR) is 89.9 cm³/mol. The van der Waals surface area contributed by atoms with Gasteiger partial charge in [0.25, 0.3) is 10.0 Å². The maximum atomic E-state index is 12.3. The van der Waals surface area contributed by atoms with E-state index in [1.807, 2.05) is 6.92 Å². The fourth-order valence-corrected chi connectivity index (χ4v) is 4.29. The van der Waals surface area contributed by atoms with Crippen LogP contribution in [0.2, 0.25) is 0 Å². The number of fused-ring (bicyclic) bond motifs is 1. The van der Waals surface area contributed by atoms with Crippen molar-refractivity contribution in [3.05, 3.63) is 29.8 Å². The number of sulfonamides is 1. The molecule has 2 fully saturated rings. The molecule has 2 aliphatic rings. The van der Waals surface area contributed by atoms with Crippen molar-refractivity contribution in [1.82, 2.24) is 4.83 Å². The third-order valence-electron chi connectivity index (χ3n) is 4.72. The van der Waals surface area contributed by atoms with Gasteiger partial charge in [0.2, 0.25) is 0 Å². The maximum Gasteiger partial charge on any atom is 0.309 e. The minimum atomic E-state index is -3.68. The highest BCUT2D eigenvalue weighted by Gasteiger charge is 2.59. The van der Waals surface area contributed by atoms with E-state index >= 15 is 0 Å². The van der Waals surface area contributed by atoms with Crippen LogP contribution in [0.15, 0.2) is 34.3 Å². The molecule has 0 amide bonds. The fourth-order valence-electron chi connectivity index (χ4n) is 3.45. The van der Waals surface area contributed by atoms with Crippen LogP contribution in [0, 0.1) is 24.7 Å². The third-order valence-corrected chi connectivity index (χ3v) is 5.95. The first-order valence-electron chi connectivity index (χ1n) is 8.25. The van der Waals surface area contributed by atoms with Gasteiger partial charge in [0, 0.05) is 11.6 Å². The number of hydrogen-bond acceptors (Lipinski definition) is 5. The van der Waals surface area contributed by atoms with Crippen LogP contribution in [0.3, 0.4) is 0 Å². The van der Waals surface area contributed by atoms with E-state index in [4.69, 9.17) is 4.74 Å². The van der Waals surface area contributed by atoms with E-state index in [9.17, 15) is 13.2 Å². The summed E-state index contributed by atoms with van der Waals surface area (Å²) in [5, 5.41) is 4.14. The number of nitrogens with zero attached hydrogens (tertiary/aromatic N) is 1. The van der Waals surface area contributed by atoms with Crippen LogP contribution in [-0.2, 0) is 19.6 Å². The Bertz CT molecular complexity index is 755. The van der Waals surface area contributed by atoms with Crippen LogP contribution in [0.1, 0.15) is 31.7 Å². The summed E-state index contributed by atoms with van der Waals surface area (Å²) in [7, 11) is -3.68. The number of carbonyl (C=O) groups is 1. The van der Waals surface area contributed by atoms with Crippen molar-refractivity contribution in [3.8, 4) is 0 Å². The number of ether oxygens (including phenoxy) is 1. The van der Waals surface area contributed by atoms with Crippen molar-refractivity contribution in [2.75, 3.05) is 6.61 Å². The Morgan fingerprint density at radius 3 is 2.71 bits per heavy atom. The Kier molecular flexibility index (Phi) is 4.62. The van der Waals surface area contributed by atoms with E-state index in [-0.39, 0.29) is 28.6 Å². The normalized spacial score (nSPS) is 27.4. The SMILES string of the molecule is CCOC(=O)[C@@H]1[C@H]2CCC/C(=N/NS(=O)(=O)c3ccc(C)cc3)[C@H]21. The monoisotopic (exact) mass is 350 g/mol. The van der Waals surface area contributed by atoms with Crippen molar-refractivity contribution >= 4 is 21.7 Å². The molecule has 24 heavy (non-hydrogen) atoms. The Balaban J connectivity index is 1.72. The first kappa shape index (κ1) is 17.0. The molecule has 0 aromatic heterocycles. The number of esters is 1. The van der Waals surface area contributed by atoms with Crippen molar-refractivity contribution < 1.29 is 17.9 Å². The predicted octanol–water partition coefficient (Wildman–Crippen LogP) is 2.24. The van der Waals surface area contributed by atoms with Gasteiger partial charge in [0.15, 0.2) is 0 Å². The number of rotatable bonds is 5. The van der Waals surface area contributed by atoms with Gasteiger partial charge in [-0.05, 0) is 51.2 Å². The van der Waals surface area contributed by atoms with E-state index in [1.54, 1.807) is 31.2 Å². The van der Waals surface area contributed by atoms with E-state index in [0.717, 1.165) is 24.1 Å². The molecule has 1 aromatic rings. The average molecular weight is 350 g/mol. The first-order chi connectivity index (χ1) is 11.4. The zero-order chi connectivity index (χ0) is 17.3. The van der Waals surface area contributed by atoms with Crippen LogP contribution in [0.5, 0.6) is 0 Å². The molecule has 7 heteroatoms. The zero-order valence-electron chi connectivity index (χ0n) is 13.9. The number of carbonyl (C=O) groups excluding carboxylic acids is 1. The molecule has 2 aliphatic carbocycles. The van der Waals surface area contributed by atoms with Gasteiger partial charge in [-0.25, -0.2) is 4.83 Å². The Labute approximate surface area is 142 Å². The standard InChI is InChI=1S/C17H22N2O4S/c1-3-23-17(20)16-13-5-4-6-14(15(13)16)18-19-24(21,22)12-9-7-11(2)8-10-12/h7-10,13,15-16,19H,3-6H2,1-2H3/b18-14-/t13-,15-,16+/m0/s1. The number of hydrogen-bond donors (Lipinski definition) is 1. The molecule has 1 aromatic carbocycles. The second-order valence-corrected chi connectivity index (χ2v) is 8.03. The van der Waals surface area contributed by atoms with Crippen LogP contribution in [0.4, 0.5) is 0 Å². The number of benzene rings is 1. The van der Waals surface area contributed by atoms with Crippen molar-refractivity contribution in [1.29, 1.82) is 0 Å². The summed E-state index contributed by atoms with van der Waals surface area (Å²) in [6.07, 6.45) is 2.60. The molecule has 3 rings (SSSR count). The molecule has 0 radical (unpaired) electrons. The topological polar surface area (TPSA) is 84.8 Å². The lowest BCUT2D eigenvalue weighted by Gasteiger charge is -2.12. The lowest BCUT2D eigenvalue weighted by Crippen LogP contribution is -2.22. The molecule has 1 N–H and O–H groups in total. The van der Waals surface area contributed by atoms with Gasteiger partial charge in [0.05, 0.1) is 17.4 Å². The Morgan fingerprint density at radius 2 is 2.04 bits per heavy atom. The highest BCUT2D eigenvalue weighted by molar-refractivity contribution is 7.89. The molecule has 3 atom stereocenters. The van der Waals surface area contributed by atoms with Crippen molar-refractivity contribution in [3.63, 3.8) is 0 Å². The third kappa shape index (κ3) is 3.31. The summed E-state index contributed by atoms with van der Waals surface area (Å²) in [5.41, 5.74) is 1.76. The molecule has 0 bridgehead atoms. The molecule has 0 aliphatic heterocycles. The van der Waals surface area contributed by atoms with Crippen LogP contribution < -0.4 is 4.83 Å². The van der Waals surface area contributed by atoms with E-state index in [1.165, 1.54) is 0 Å². The maximum absolute atomic E-state index is 12.3. The minimum Gasteiger partial charge on any atom is -0.466 e. The lowest BCUT2D eigenvalue weighted by molar-refractivity contribution is -0.145. The molecule has 130 valence electrons. The lowest BCUT2D eigenvalue weighted by atomic mass is 9.99. The van der Waals surface area contributed by atoms with Crippen molar-refractivity contribution in [2.45, 2.75) is 38.0 Å². The molecule has 0 heterocycles. The second-order valence-electron chi connectivity index (χ2n) is 6.37. The summed E-state index contributed by atoms with van der Waals surface area (Å²) in [5.74, 6) is -0.0717. The zero-order valence-corrected chi connectivity index (χ0v) is 14.7. The van der Waals surface area contributed by atoms with Gasteiger partial charge in [-0.3, -0.25) is 4.79 Å². The van der Waals surface area contributed by atoms with Gasteiger partial charge in [-0.1, -0.05) is 17.7 Å². The molecular weight excluding hydrogens is 328 g/mol. The van der Waals surface area contributed by atoms with E-state index in [2.05, 4.69) is 9.93 Å². The number of aryl methyl sites for hydroxylation is 1. The summed E-state index contributed by atoms with van der Waals surface area (Å²) < 4.78 is 29.7. The van der Waals surface area contributed by atoms with E-state index < -0.39 is 10.0 Å². The number of nitrogens with one attached hydrogen (secondary N) is 1. The van der Waals surface area contributed by atoms with Gasteiger partial charge in [-0.15, -0.1) is 0 Å². The van der Waals surface area contributed by atoms with Crippen LogP contribution in [0.25, 0.3) is 0 Å². The summed E-state index contributed by atoms with van der Waals surface area (Å²) in [6.45, 7) is 4.05. The number of hydrazone groups is 1. The van der Waals surface area contributed by atoms with Crippen LogP contribution >= 0.6 is 0 Å². The van der Waals surface area contributed by atoms with E-state index in [0.29, 0.717) is 13.0 Å². The van der Waals surface area contributed by atoms with Crippen LogP contribution in [-0.4, -0.2) is 26.7 Å². The van der Waals surface area contributed by atoms with Gasteiger partial charge < -0.3 is 4.74 Å². The highest BCUT2D eigenvalue weighted by atomic mass is 32.2. The molecular formula is C17H22N2O4S. The van der Waals surface area contributed by atoms with Crippen molar-refractivity contribution in [2.24, 2.45) is 22.9 Å². The van der Waals surface area contributed by atoms with Gasteiger partial charge in [0.1, 0.15) is 0 Å². The Hall–Kier alpha value is -1.89. The minimum absolute atomic E-state index is 0.0264. The average Bonchev–Trinajstić information content (AvgIpc) is 3.29. The molecule has 0 unspecified atom stereocenters.